The zero-order valence-electron chi connectivity index (χ0n) is 7.17. The Labute approximate surface area is 68.6 Å². The first kappa shape index (κ1) is 9.76. The first-order valence-corrected chi connectivity index (χ1v) is 3.60. The summed E-state index contributed by atoms with van der Waals surface area (Å²) >= 11 is 0. The van der Waals surface area contributed by atoms with Crippen molar-refractivity contribution >= 4 is 0 Å². The van der Waals surface area contributed by atoms with Crippen LogP contribution in [0.1, 0.15) is 13.8 Å². The molecule has 0 unspecified atom stereocenters. The standard InChI is InChI=1S/C10H15N/c1-4-6-10(7-5-2)9(3)8-11/h4-8H,1,11H2,2-3H3/b7-5-,9-8-,10-6+. The fourth-order valence-corrected chi connectivity index (χ4v) is 0.721. The number of rotatable bonds is 3. The van der Waals surface area contributed by atoms with E-state index in [2.05, 4.69) is 6.58 Å². The van der Waals surface area contributed by atoms with Gasteiger partial charge >= 0.3 is 0 Å². The lowest BCUT2D eigenvalue weighted by Gasteiger charge is -1.98. The van der Waals surface area contributed by atoms with Crippen LogP contribution < -0.4 is 5.73 Å². The summed E-state index contributed by atoms with van der Waals surface area (Å²) in [5.41, 5.74) is 7.52. The summed E-state index contributed by atoms with van der Waals surface area (Å²) < 4.78 is 0. The maximum atomic E-state index is 5.36. The first-order chi connectivity index (χ1) is 5.26. The van der Waals surface area contributed by atoms with Crippen molar-refractivity contribution in [3.05, 3.63) is 48.2 Å². The minimum Gasteiger partial charge on any atom is -0.404 e. The molecule has 0 rings (SSSR count). The molecule has 0 fully saturated rings. The molecule has 2 N–H and O–H groups in total. The van der Waals surface area contributed by atoms with Gasteiger partial charge < -0.3 is 5.73 Å². The van der Waals surface area contributed by atoms with Crippen LogP contribution in [0.15, 0.2) is 48.2 Å². The summed E-state index contributed by atoms with van der Waals surface area (Å²) in [5.74, 6) is 0. The second kappa shape index (κ2) is 5.54. The van der Waals surface area contributed by atoms with E-state index in [1.165, 1.54) is 0 Å². The second-order valence-electron chi connectivity index (χ2n) is 2.21. The van der Waals surface area contributed by atoms with E-state index < -0.39 is 0 Å². The average molecular weight is 149 g/mol. The van der Waals surface area contributed by atoms with E-state index in [1.54, 1.807) is 12.3 Å². The van der Waals surface area contributed by atoms with Crippen LogP contribution in [0.3, 0.4) is 0 Å². The van der Waals surface area contributed by atoms with Crippen molar-refractivity contribution in [1.82, 2.24) is 0 Å². The fourth-order valence-electron chi connectivity index (χ4n) is 0.721. The Morgan fingerprint density at radius 2 is 2.09 bits per heavy atom. The Bertz CT molecular complexity index is 207. The number of allylic oxidation sites excluding steroid dienone is 6. The summed E-state index contributed by atoms with van der Waals surface area (Å²) in [6.45, 7) is 7.56. The lowest BCUT2D eigenvalue weighted by Crippen LogP contribution is -1.86. The van der Waals surface area contributed by atoms with E-state index in [4.69, 9.17) is 5.73 Å². The highest BCUT2D eigenvalue weighted by Crippen LogP contribution is 2.09. The van der Waals surface area contributed by atoms with Gasteiger partial charge in [-0.05, 0) is 31.2 Å². The molecule has 1 heteroatoms. The lowest BCUT2D eigenvalue weighted by atomic mass is 10.1. The van der Waals surface area contributed by atoms with Gasteiger partial charge in [-0.15, -0.1) is 0 Å². The molecule has 0 bridgehead atoms. The molecule has 0 radical (unpaired) electrons. The lowest BCUT2D eigenvalue weighted by molar-refractivity contribution is 1.37. The zero-order valence-corrected chi connectivity index (χ0v) is 7.17. The second-order valence-corrected chi connectivity index (χ2v) is 2.21. The maximum absolute atomic E-state index is 5.36. The highest BCUT2D eigenvalue weighted by molar-refractivity contribution is 5.39. The molecule has 0 amide bonds. The summed E-state index contributed by atoms with van der Waals surface area (Å²) in [6.07, 6.45) is 9.25. The molecule has 60 valence electrons. The molecule has 0 aromatic heterocycles. The highest BCUT2D eigenvalue weighted by Gasteiger charge is 1.90. The van der Waals surface area contributed by atoms with Crippen molar-refractivity contribution in [2.45, 2.75) is 13.8 Å². The molecule has 1 nitrogen and oxygen atoms in total. The molecule has 0 saturated heterocycles. The Morgan fingerprint density at radius 1 is 1.45 bits per heavy atom. The van der Waals surface area contributed by atoms with Crippen LogP contribution in [0.25, 0.3) is 0 Å². The molecule has 0 atom stereocenters. The van der Waals surface area contributed by atoms with E-state index >= 15 is 0 Å². The van der Waals surface area contributed by atoms with E-state index in [0.717, 1.165) is 11.1 Å². The van der Waals surface area contributed by atoms with Crippen LogP contribution in [0.2, 0.25) is 0 Å². The molecule has 0 spiro atoms. The average Bonchev–Trinajstić information content (AvgIpc) is 2.03. The van der Waals surface area contributed by atoms with Crippen molar-refractivity contribution in [3.8, 4) is 0 Å². The van der Waals surface area contributed by atoms with Gasteiger partial charge in [0, 0.05) is 0 Å². The van der Waals surface area contributed by atoms with Crippen molar-refractivity contribution in [2.75, 3.05) is 0 Å². The molecule has 0 aliphatic carbocycles. The maximum Gasteiger partial charge on any atom is -0.00265 e. The molecule has 0 aromatic rings. The van der Waals surface area contributed by atoms with Crippen molar-refractivity contribution in [2.24, 2.45) is 5.73 Å². The topological polar surface area (TPSA) is 26.0 Å². The van der Waals surface area contributed by atoms with Gasteiger partial charge in [-0.3, -0.25) is 0 Å². The Balaban J connectivity index is 4.61. The quantitative estimate of drug-likeness (QED) is 0.613. The van der Waals surface area contributed by atoms with Gasteiger partial charge in [0.25, 0.3) is 0 Å². The van der Waals surface area contributed by atoms with Gasteiger partial charge in [0.15, 0.2) is 0 Å². The van der Waals surface area contributed by atoms with Crippen LogP contribution in [0.5, 0.6) is 0 Å². The van der Waals surface area contributed by atoms with Gasteiger partial charge in [0.05, 0.1) is 0 Å². The molecule has 0 heterocycles. The minimum atomic E-state index is 1.06. The smallest absolute Gasteiger partial charge is 0.00265 e. The van der Waals surface area contributed by atoms with Gasteiger partial charge in [-0.25, -0.2) is 0 Å². The molecule has 0 saturated carbocycles. The predicted molar refractivity (Wildman–Crippen MR) is 51.0 cm³/mol. The van der Waals surface area contributed by atoms with E-state index in [9.17, 15) is 0 Å². The minimum absolute atomic E-state index is 1.06. The Morgan fingerprint density at radius 3 is 2.45 bits per heavy atom. The Kier molecular flexibility index (Phi) is 4.91. The summed E-state index contributed by atoms with van der Waals surface area (Å²) in [4.78, 5) is 0. The largest absolute Gasteiger partial charge is 0.404 e. The van der Waals surface area contributed by atoms with Crippen LogP contribution >= 0.6 is 0 Å². The van der Waals surface area contributed by atoms with Crippen molar-refractivity contribution in [3.63, 3.8) is 0 Å². The van der Waals surface area contributed by atoms with Gasteiger partial charge in [-0.1, -0.05) is 30.9 Å². The third-order valence-electron chi connectivity index (χ3n) is 1.35. The first-order valence-electron chi connectivity index (χ1n) is 3.60. The molecular formula is C10H15N. The van der Waals surface area contributed by atoms with Crippen molar-refractivity contribution < 1.29 is 0 Å². The van der Waals surface area contributed by atoms with Gasteiger partial charge in [-0.2, -0.15) is 0 Å². The van der Waals surface area contributed by atoms with Crippen molar-refractivity contribution in [1.29, 1.82) is 0 Å². The number of hydrogen-bond acceptors (Lipinski definition) is 1. The molecule has 0 aromatic carbocycles. The zero-order chi connectivity index (χ0) is 8.69. The molecule has 0 aliphatic heterocycles. The summed E-state index contributed by atoms with van der Waals surface area (Å²) in [6, 6.07) is 0. The summed E-state index contributed by atoms with van der Waals surface area (Å²) in [7, 11) is 0. The summed E-state index contributed by atoms with van der Waals surface area (Å²) in [5, 5.41) is 0. The third kappa shape index (κ3) is 3.46. The SMILES string of the molecule is C=C/C=C(\C=C/C)C(/C)=C\N. The number of nitrogens with two attached hydrogens (primary N) is 1. The number of hydrogen-bond donors (Lipinski definition) is 1. The fraction of sp³-hybridized carbons (Fsp3) is 0.200. The Hall–Kier alpha value is -1.24. The van der Waals surface area contributed by atoms with Crippen LogP contribution in [0.4, 0.5) is 0 Å². The monoisotopic (exact) mass is 149 g/mol. The molecule has 0 aliphatic rings. The van der Waals surface area contributed by atoms with Gasteiger partial charge in [0.2, 0.25) is 0 Å². The van der Waals surface area contributed by atoms with E-state index in [1.807, 2.05) is 32.1 Å². The van der Waals surface area contributed by atoms with Crippen LogP contribution in [0, 0.1) is 0 Å². The predicted octanol–water partition coefficient (Wildman–Crippen LogP) is 2.54. The molecule has 11 heavy (non-hydrogen) atoms. The van der Waals surface area contributed by atoms with E-state index in [-0.39, 0.29) is 0 Å². The van der Waals surface area contributed by atoms with Crippen LogP contribution in [-0.4, -0.2) is 0 Å². The normalized spacial score (nSPS) is 14.0. The molecular weight excluding hydrogens is 134 g/mol. The third-order valence-corrected chi connectivity index (χ3v) is 1.35. The van der Waals surface area contributed by atoms with Crippen LogP contribution in [-0.2, 0) is 0 Å². The highest BCUT2D eigenvalue weighted by atomic mass is 14.5. The van der Waals surface area contributed by atoms with Gasteiger partial charge in [0.1, 0.15) is 0 Å². The van der Waals surface area contributed by atoms with E-state index in [0.29, 0.717) is 0 Å².